The van der Waals surface area contributed by atoms with Gasteiger partial charge in [0, 0.05) is 16.9 Å². The minimum Gasteiger partial charge on any atom is -0.356 e. The molecule has 0 aliphatic carbocycles. The highest BCUT2D eigenvalue weighted by molar-refractivity contribution is 9.10. The van der Waals surface area contributed by atoms with E-state index < -0.39 is 5.82 Å². The molecule has 1 aliphatic rings. The first kappa shape index (κ1) is 19.8. The SMILES string of the molecule is CCCNC(=O)C1CCN([C@@H](C)C(=O)Nc2ccc(Br)cc2F)CC1. The quantitative estimate of drug-likeness (QED) is 0.752. The van der Waals surface area contributed by atoms with E-state index in [0.29, 0.717) is 24.1 Å². The predicted molar refractivity (Wildman–Crippen MR) is 99.8 cm³/mol. The Bertz CT molecular complexity index is 618. The lowest BCUT2D eigenvalue weighted by atomic mass is 9.95. The normalized spacial score (nSPS) is 17.1. The highest BCUT2D eigenvalue weighted by Gasteiger charge is 2.29. The highest BCUT2D eigenvalue weighted by Crippen LogP contribution is 2.22. The molecule has 5 nitrogen and oxygen atoms in total. The maximum Gasteiger partial charge on any atom is 0.241 e. The van der Waals surface area contributed by atoms with Crippen LogP contribution in [0.5, 0.6) is 0 Å². The summed E-state index contributed by atoms with van der Waals surface area (Å²) in [6, 6.07) is 4.17. The van der Waals surface area contributed by atoms with E-state index in [4.69, 9.17) is 0 Å². The molecule has 2 rings (SSSR count). The van der Waals surface area contributed by atoms with Crippen molar-refractivity contribution in [3.05, 3.63) is 28.5 Å². The van der Waals surface area contributed by atoms with Crippen LogP contribution in [0.4, 0.5) is 10.1 Å². The highest BCUT2D eigenvalue weighted by atomic mass is 79.9. The Labute approximate surface area is 156 Å². The average Bonchev–Trinajstić information content (AvgIpc) is 2.61. The fourth-order valence-corrected chi connectivity index (χ4v) is 3.27. The fourth-order valence-electron chi connectivity index (χ4n) is 2.94. The van der Waals surface area contributed by atoms with E-state index in [2.05, 4.69) is 26.6 Å². The summed E-state index contributed by atoms with van der Waals surface area (Å²) in [6.45, 7) is 5.90. The Balaban J connectivity index is 1.86. The largest absolute Gasteiger partial charge is 0.356 e. The van der Waals surface area contributed by atoms with Crippen molar-refractivity contribution in [3.63, 3.8) is 0 Å². The monoisotopic (exact) mass is 413 g/mol. The van der Waals surface area contributed by atoms with Crippen LogP contribution in [0.2, 0.25) is 0 Å². The molecule has 0 aromatic heterocycles. The average molecular weight is 414 g/mol. The third kappa shape index (κ3) is 5.51. The number of likely N-dealkylation sites (tertiary alicyclic amines) is 1. The molecule has 1 aromatic rings. The van der Waals surface area contributed by atoms with Crippen molar-refractivity contribution in [1.29, 1.82) is 0 Å². The first-order valence-electron chi connectivity index (χ1n) is 8.70. The summed E-state index contributed by atoms with van der Waals surface area (Å²) >= 11 is 3.19. The summed E-state index contributed by atoms with van der Waals surface area (Å²) < 4.78 is 14.5. The summed E-state index contributed by atoms with van der Waals surface area (Å²) in [5, 5.41) is 5.57. The molecule has 25 heavy (non-hydrogen) atoms. The Morgan fingerprint density at radius 1 is 1.36 bits per heavy atom. The van der Waals surface area contributed by atoms with E-state index in [1.165, 1.54) is 12.1 Å². The van der Waals surface area contributed by atoms with Crippen LogP contribution in [0.3, 0.4) is 0 Å². The summed E-state index contributed by atoms with van der Waals surface area (Å²) in [6.07, 6.45) is 2.40. The summed E-state index contributed by atoms with van der Waals surface area (Å²) in [5.74, 6) is -0.589. The molecule has 0 radical (unpaired) electrons. The van der Waals surface area contributed by atoms with Crippen LogP contribution in [0, 0.1) is 11.7 Å². The third-order valence-corrected chi connectivity index (χ3v) is 5.06. The van der Waals surface area contributed by atoms with E-state index in [0.717, 1.165) is 19.3 Å². The molecule has 2 N–H and O–H groups in total. The molecule has 1 aromatic carbocycles. The Hall–Kier alpha value is -1.47. The first-order chi connectivity index (χ1) is 11.9. The van der Waals surface area contributed by atoms with Gasteiger partial charge < -0.3 is 10.6 Å². The smallest absolute Gasteiger partial charge is 0.241 e. The van der Waals surface area contributed by atoms with Crippen LogP contribution in [0.1, 0.15) is 33.1 Å². The van der Waals surface area contributed by atoms with E-state index in [9.17, 15) is 14.0 Å². The second kappa shape index (κ2) is 9.29. The maximum absolute atomic E-state index is 13.9. The molecule has 1 heterocycles. The van der Waals surface area contributed by atoms with Crippen LogP contribution < -0.4 is 10.6 Å². The molecule has 0 bridgehead atoms. The van der Waals surface area contributed by atoms with Crippen LogP contribution in [0.25, 0.3) is 0 Å². The van der Waals surface area contributed by atoms with Crippen molar-refractivity contribution >= 4 is 33.4 Å². The van der Waals surface area contributed by atoms with Crippen molar-refractivity contribution in [2.45, 2.75) is 39.2 Å². The van der Waals surface area contributed by atoms with E-state index >= 15 is 0 Å². The molecule has 7 heteroatoms. The number of hydrogen-bond donors (Lipinski definition) is 2. The van der Waals surface area contributed by atoms with Crippen LogP contribution in [-0.4, -0.2) is 42.4 Å². The topological polar surface area (TPSA) is 61.4 Å². The molecule has 2 amide bonds. The summed E-state index contributed by atoms with van der Waals surface area (Å²) in [5.41, 5.74) is 0.175. The number of hydrogen-bond acceptors (Lipinski definition) is 3. The number of benzene rings is 1. The van der Waals surface area contributed by atoms with Gasteiger partial charge in [-0.25, -0.2) is 4.39 Å². The van der Waals surface area contributed by atoms with Crippen molar-refractivity contribution < 1.29 is 14.0 Å². The molecule has 138 valence electrons. The van der Waals surface area contributed by atoms with Gasteiger partial charge in [-0.3, -0.25) is 14.5 Å². The zero-order valence-electron chi connectivity index (χ0n) is 14.6. The van der Waals surface area contributed by atoms with Crippen molar-refractivity contribution in [1.82, 2.24) is 10.2 Å². The van der Waals surface area contributed by atoms with Crippen molar-refractivity contribution in [2.75, 3.05) is 25.0 Å². The number of anilines is 1. The molecular formula is C18H25BrFN3O2. The lowest BCUT2D eigenvalue weighted by Crippen LogP contribution is -2.48. The van der Waals surface area contributed by atoms with Gasteiger partial charge in [0.15, 0.2) is 0 Å². The number of amides is 2. The zero-order valence-corrected chi connectivity index (χ0v) is 16.2. The molecule has 0 unspecified atom stereocenters. The van der Waals surface area contributed by atoms with Gasteiger partial charge in [0.1, 0.15) is 5.82 Å². The molecule has 0 saturated carbocycles. The molecule has 1 atom stereocenters. The number of carbonyl (C=O) groups is 2. The Kier molecular flexibility index (Phi) is 7.38. The Morgan fingerprint density at radius 2 is 2.04 bits per heavy atom. The van der Waals surface area contributed by atoms with Crippen LogP contribution in [0.15, 0.2) is 22.7 Å². The molecule has 1 saturated heterocycles. The van der Waals surface area contributed by atoms with Gasteiger partial charge in [0.25, 0.3) is 0 Å². The fraction of sp³-hybridized carbons (Fsp3) is 0.556. The van der Waals surface area contributed by atoms with Gasteiger partial charge in [0.05, 0.1) is 11.7 Å². The van der Waals surface area contributed by atoms with E-state index in [1.54, 1.807) is 6.07 Å². The lowest BCUT2D eigenvalue weighted by Gasteiger charge is -2.34. The first-order valence-corrected chi connectivity index (χ1v) is 9.49. The lowest BCUT2D eigenvalue weighted by molar-refractivity contribution is -0.127. The standard InChI is InChI=1S/C18H25BrFN3O2/c1-3-8-21-18(25)13-6-9-23(10-7-13)12(2)17(24)22-16-5-4-14(19)11-15(16)20/h4-5,11-13H,3,6-10H2,1-2H3,(H,21,25)(H,22,24)/t12-/m0/s1. The molecule has 0 spiro atoms. The van der Waals surface area contributed by atoms with Gasteiger partial charge in [-0.1, -0.05) is 22.9 Å². The summed E-state index contributed by atoms with van der Waals surface area (Å²) in [4.78, 5) is 26.5. The van der Waals surface area contributed by atoms with Gasteiger partial charge >= 0.3 is 0 Å². The number of nitrogens with zero attached hydrogens (tertiary/aromatic N) is 1. The maximum atomic E-state index is 13.9. The van der Waals surface area contributed by atoms with Gasteiger partial charge in [0.2, 0.25) is 11.8 Å². The van der Waals surface area contributed by atoms with Gasteiger partial charge in [-0.05, 0) is 57.5 Å². The van der Waals surface area contributed by atoms with Crippen molar-refractivity contribution in [2.24, 2.45) is 5.92 Å². The second-order valence-corrected chi connectivity index (χ2v) is 7.31. The summed E-state index contributed by atoms with van der Waals surface area (Å²) in [7, 11) is 0. The predicted octanol–water partition coefficient (Wildman–Crippen LogP) is 3.15. The Morgan fingerprint density at radius 3 is 2.64 bits per heavy atom. The van der Waals surface area contributed by atoms with Crippen LogP contribution in [-0.2, 0) is 9.59 Å². The number of piperidine rings is 1. The second-order valence-electron chi connectivity index (χ2n) is 6.39. The van der Waals surface area contributed by atoms with Crippen LogP contribution >= 0.6 is 15.9 Å². The third-order valence-electron chi connectivity index (χ3n) is 4.57. The van der Waals surface area contributed by atoms with E-state index in [-0.39, 0.29) is 29.5 Å². The van der Waals surface area contributed by atoms with Crippen molar-refractivity contribution in [3.8, 4) is 0 Å². The van der Waals surface area contributed by atoms with E-state index in [1.807, 2.05) is 18.7 Å². The number of rotatable bonds is 6. The molecule has 1 fully saturated rings. The number of nitrogens with one attached hydrogen (secondary N) is 2. The zero-order chi connectivity index (χ0) is 18.4. The number of halogens is 2. The molecular weight excluding hydrogens is 389 g/mol. The minimum absolute atomic E-state index is 0.0157. The minimum atomic E-state index is -0.471. The molecule has 1 aliphatic heterocycles. The van der Waals surface area contributed by atoms with Gasteiger partial charge in [-0.2, -0.15) is 0 Å². The van der Waals surface area contributed by atoms with Gasteiger partial charge in [-0.15, -0.1) is 0 Å². The number of carbonyl (C=O) groups excluding carboxylic acids is 2.